The van der Waals surface area contributed by atoms with E-state index in [1.54, 1.807) is 18.2 Å². The highest BCUT2D eigenvalue weighted by molar-refractivity contribution is 7.89. The van der Waals surface area contributed by atoms with Gasteiger partial charge < -0.3 is 4.74 Å². The predicted octanol–water partition coefficient (Wildman–Crippen LogP) is 1.80. The molecule has 0 atom stereocenters. The number of sulfonamides is 1. The van der Waals surface area contributed by atoms with Crippen LogP contribution in [0.5, 0.6) is 0 Å². The Labute approximate surface area is 107 Å². The van der Waals surface area contributed by atoms with Gasteiger partial charge in [-0.15, -0.1) is 0 Å². The zero-order valence-corrected chi connectivity index (χ0v) is 11.0. The molecule has 4 nitrogen and oxygen atoms in total. The molecular formula is C12H18FNO3S. The highest BCUT2D eigenvalue weighted by atomic mass is 32.2. The molecule has 0 saturated heterocycles. The highest BCUT2D eigenvalue weighted by Crippen LogP contribution is 2.08. The smallest absolute Gasteiger partial charge is 0.209 e. The highest BCUT2D eigenvalue weighted by Gasteiger charge is 2.02. The zero-order chi connectivity index (χ0) is 13.4. The molecule has 0 radical (unpaired) electrons. The molecule has 0 unspecified atom stereocenters. The van der Waals surface area contributed by atoms with Crippen LogP contribution in [-0.4, -0.2) is 20.8 Å². The second-order valence-electron chi connectivity index (χ2n) is 4.07. The first-order valence-corrected chi connectivity index (χ1v) is 7.52. The molecule has 0 aliphatic rings. The molecule has 0 bridgehead atoms. The van der Waals surface area contributed by atoms with Crippen LogP contribution in [0, 0.1) is 5.82 Å². The van der Waals surface area contributed by atoms with Gasteiger partial charge in [-0.05, 0) is 18.9 Å². The standard InChI is InChI=1S/C12H18FNO3S/c13-12-7-3-2-6-11(12)10-17-8-4-1-5-9-18(14,15)16/h2-3,6-7H,1,4-5,8-10H2,(H2,14,15,16). The van der Waals surface area contributed by atoms with Crippen LogP contribution in [0.1, 0.15) is 24.8 Å². The van der Waals surface area contributed by atoms with Crippen molar-refractivity contribution in [1.29, 1.82) is 0 Å². The first-order chi connectivity index (χ1) is 8.49. The van der Waals surface area contributed by atoms with E-state index in [2.05, 4.69) is 0 Å². The number of unbranched alkanes of at least 4 members (excludes halogenated alkanes) is 2. The van der Waals surface area contributed by atoms with E-state index in [-0.39, 0.29) is 18.2 Å². The molecule has 2 N–H and O–H groups in total. The minimum absolute atomic E-state index is 0.000311. The molecule has 102 valence electrons. The van der Waals surface area contributed by atoms with Crippen LogP contribution in [0.2, 0.25) is 0 Å². The molecule has 1 aromatic rings. The number of halogens is 1. The van der Waals surface area contributed by atoms with Gasteiger partial charge in [-0.3, -0.25) is 0 Å². The Morgan fingerprint density at radius 1 is 1.17 bits per heavy atom. The molecule has 6 heteroatoms. The lowest BCUT2D eigenvalue weighted by molar-refractivity contribution is 0.115. The Morgan fingerprint density at radius 3 is 2.56 bits per heavy atom. The fourth-order valence-electron chi connectivity index (χ4n) is 1.48. The van der Waals surface area contributed by atoms with Gasteiger partial charge in [0.2, 0.25) is 10.0 Å². The topological polar surface area (TPSA) is 69.4 Å². The maximum absolute atomic E-state index is 13.2. The van der Waals surface area contributed by atoms with Crippen molar-refractivity contribution in [2.75, 3.05) is 12.4 Å². The van der Waals surface area contributed by atoms with Gasteiger partial charge in [0.1, 0.15) is 5.82 Å². The van der Waals surface area contributed by atoms with E-state index in [0.717, 1.165) is 12.8 Å². The van der Waals surface area contributed by atoms with Gasteiger partial charge in [-0.1, -0.05) is 24.6 Å². The van der Waals surface area contributed by atoms with E-state index in [1.165, 1.54) is 6.07 Å². The van der Waals surface area contributed by atoms with Gasteiger partial charge in [-0.25, -0.2) is 17.9 Å². The average Bonchev–Trinajstić information content (AvgIpc) is 2.28. The Kier molecular flexibility index (Phi) is 6.24. The Hall–Kier alpha value is -0.980. The molecule has 0 fully saturated rings. The SMILES string of the molecule is NS(=O)(=O)CCCCCOCc1ccccc1F. The number of benzene rings is 1. The van der Waals surface area contributed by atoms with Crippen molar-refractivity contribution >= 4 is 10.0 Å². The fourth-order valence-corrected chi connectivity index (χ4v) is 2.09. The third kappa shape index (κ3) is 6.68. The van der Waals surface area contributed by atoms with Crippen LogP contribution in [-0.2, 0) is 21.4 Å². The summed E-state index contributed by atoms with van der Waals surface area (Å²) in [6.45, 7) is 0.723. The molecule has 1 rings (SSSR count). The molecule has 0 spiro atoms. The number of ether oxygens (including phenoxy) is 1. The van der Waals surface area contributed by atoms with Gasteiger partial charge in [0.25, 0.3) is 0 Å². The van der Waals surface area contributed by atoms with Crippen LogP contribution in [0.15, 0.2) is 24.3 Å². The van der Waals surface area contributed by atoms with Crippen LogP contribution in [0.25, 0.3) is 0 Å². The maximum atomic E-state index is 13.2. The first kappa shape index (κ1) is 15.1. The van der Waals surface area contributed by atoms with Gasteiger partial charge in [-0.2, -0.15) is 0 Å². The molecule has 0 aromatic heterocycles. The molecule has 18 heavy (non-hydrogen) atoms. The average molecular weight is 275 g/mol. The summed E-state index contributed by atoms with van der Waals surface area (Å²) < 4.78 is 39.8. The normalized spacial score (nSPS) is 11.7. The van der Waals surface area contributed by atoms with E-state index in [9.17, 15) is 12.8 Å². The van der Waals surface area contributed by atoms with Crippen molar-refractivity contribution in [3.05, 3.63) is 35.6 Å². The van der Waals surface area contributed by atoms with Crippen molar-refractivity contribution in [1.82, 2.24) is 0 Å². The fraction of sp³-hybridized carbons (Fsp3) is 0.500. The minimum atomic E-state index is -3.36. The third-order valence-electron chi connectivity index (χ3n) is 2.43. The molecule has 0 heterocycles. The summed E-state index contributed by atoms with van der Waals surface area (Å²) in [5, 5.41) is 4.87. The van der Waals surface area contributed by atoms with Gasteiger partial charge in [0, 0.05) is 12.2 Å². The van der Waals surface area contributed by atoms with Crippen LogP contribution in [0.4, 0.5) is 4.39 Å². The summed E-state index contributed by atoms with van der Waals surface area (Å²) in [6.07, 6.45) is 2.00. The Balaban J connectivity index is 2.08. The van der Waals surface area contributed by atoms with Gasteiger partial charge >= 0.3 is 0 Å². The van der Waals surface area contributed by atoms with Gasteiger partial charge in [0.15, 0.2) is 0 Å². The van der Waals surface area contributed by atoms with E-state index >= 15 is 0 Å². The lowest BCUT2D eigenvalue weighted by atomic mass is 10.2. The monoisotopic (exact) mass is 275 g/mol. The predicted molar refractivity (Wildman–Crippen MR) is 67.9 cm³/mol. The first-order valence-electron chi connectivity index (χ1n) is 5.80. The molecular weight excluding hydrogens is 257 g/mol. The number of rotatable bonds is 8. The zero-order valence-electron chi connectivity index (χ0n) is 10.1. The minimum Gasteiger partial charge on any atom is -0.377 e. The second-order valence-corrected chi connectivity index (χ2v) is 5.81. The Morgan fingerprint density at radius 2 is 1.89 bits per heavy atom. The molecule has 0 aliphatic carbocycles. The molecule has 0 aliphatic heterocycles. The summed E-state index contributed by atoms with van der Waals surface area (Å²) in [5.74, 6) is -0.271. The van der Waals surface area contributed by atoms with Crippen LogP contribution < -0.4 is 5.14 Å². The van der Waals surface area contributed by atoms with E-state index in [0.29, 0.717) is 18.6 Å². The number of hydrogen-bond acceptors (Lipinski definition) is 3. The Bertz CT molecular complexity index is 462. The van der Waals surface area contributed by atoms with E-state index in [4.69, 9.17) is 9.88 Å². The summed E-state index contributed by atoms with van der Waals surface area (Å²) in [4.78, 5) is 0. The van der Waals surface area contributed by atoms with Crippen molar-refractivity contribution in [3.63, 3.8) is 0 Å². The van der Waals surface area contributed by atoms with Crippen molar-refractivity contribution in [3.8, 4) is 0 Å². The summed E-state index contributed by atoms with van der Waals surface area (Å²) in [5.41, 5.74) is 0.530. The number of nitrogens with two attached hydrogens (primary N) is 1. The summed E-state index contributed by atoms with van der Waals surface area (Å²) in [6, 6.07) is 6.46. The van der Waals surface area contributed by atoms with E-state index < -0.39 is 10.0 Å². The second kappa shape index (κ2) is 7.45. The lowest BCUT2D eigenvalue weighted by Crippen LogP contribution is -2.16. The largest absolute Gasteiger partial charge is 0.377 e. The lowest BCUT2D eigenvalue weighted by Gasteiger charge is -2.05. The third-order valence-corrected chi connectivity index (χ3v) is 3.29. The van der Waals surface area contributed by atoms with Crippen LogP contribution >= 0.6 is 0 Å². The van der Waals surface area contributed by atoms with Crippen molar-refractivity contribution in [2.24, 2.45) is 5.14 Å². The number of primary sulfonamides is 1. The van der Waals surface area contributed by atoms with Crippen molar-refractivity contribution in [2.45, 2.75) is 25.9 Å². The molecule has 0 amide bonds. The maximum Gasteiger partial charge on any atom is 0.209 e. The molecule has 0 saturated carbocycles. The summed E-state index contributed by atoms with van der Waals surface area (Å²) in [7, 11) is -3.36. The van der Waals surface area contributed by atoms with Crippen molar-refractivity contribution < 1.29 is 17.5 Å². The van der Waals surface area contributed by atoms with E-state index in [1.807, 2.05) is 0 Å². The number of hydrogen-bond donors (Lipinski definition) is 1. The summed E-state index contributed by atoms with van der Waals surface area (Å²) >= 11 is 0. The quantitative estimate of drug-likeness (QED) is 0.735. The molecule has 1 aromatic carbocycles. The van der Waals surface area contributed by atoms with Crippen LogP contribution in [0.3, 0.4) is 0 Å². The van der Waals surface area contributed by atoms with Gasteiger partial charge in [0.05, 0.1) is 12.4 Å².